The molecule has 0 radical (unpaired) electrons. The maximum atomic E-state index is 12.1. The van der Waals surface area contributed by atoms with E-state index in [0.29, 0.717) is 10.4 Å². The number of rotatable bonds is 8. The summed E-state index contributed by atoms with van der Waals surface area (Å²) in [5.41, 5.74) is 2.42. The highest BCUT2D eigenvalue weighted by molar-refractivity contribution is 6.33. The number of aromatic amines is 1. The van der Waals surface area contributed by atoms with Crippen molar-refractivity contribution in [1.29, 1.82) is 0 Å². The standard InChI is InChI=1S/C25H31ClN4O/c26-22-13-12-19(24-20-10-4-5-11-21(20)25(31)29-28-24)18-23(22)27-14-6-3-9-17-30-15-7-1-2-8-16-30/h4-5,10-13,18,27H,1-3,6-9,14-17H2,(H,29,31). The third-order valence-electron chi connectivity index (χ3n) is 6.10. The molecule has 3 aromatic rings. The summed E-state index contributed by atoms with van der Waals surface area (Å²) in [7, 11) is 0. The fraction of sp³-hybridized carbons (Fsp3) is 0.440. The quantitative estimate of drug-likeness (QED) is 0.443. The van der Waals surface area contributed by atoms with Crippen LogP contribution in [-0.2, 0) is 0 Å². The highest BCUT2D eigenvalue weighted by atomic mass is 35.5. The lowest BCUT2D eigenvalue weighted by atomic mass is 10.0. The first-order valence-corrected chi connectivity index (χ1v) is 11.8. The Bertz CT molecular complexity index is 1060. The zero-order valence-electron chi connectivity index (χ0n) is 18.0. The summed E-state index contributed by atoms with van der Waals surface area (Å²) in [6.45, 7) is 4.66. The monoisotopic (exact) mass is 438 g/mol. The molecule has 0 bridgehead atoms. The van der Waals surface area contributed by atoms with Gasteiger partial charge >= 0.3 is 0 Å². The van der Waals surface area contributed by atoms with Crippen molar-refractivity contribution >= 4 is 28.1 Å². The summed E-state index contributed by atoms with van der Waals surface area (Å²) in [5.74, 6) is 0. The molecule has 2 N–H and O–H groups in total. The lowest BCUT2D eigenvalue weighted by Crippen LogP contribution is -2.25. The van der Waals surface area contributed by atoms with Crippen LogP contribution in [-0.4, -0.2) is 41.3 Å². The second-order valence-corrected chi connectivity index (χ2v) is 8.79. The number of aromatic nitrogens is 2. The van der Waals surface area contributed by atoms with Gasteiger partial charge in [-0.2, -0.15) is 5.10 Å². The number of nitrogens with zero attached hydrogens (tertiary/aromatic N) is 2. The normalized spacial score (nSPS) is 15.1. The van der Waals surface area contributed by atoms with E-state index in [4.69, 9.17) is 11.6 Å². The summed E-state index contributed by atoms with van der Waals surface area (Å²) < 4.78 is 0. The van der Waals surface area contributed by atoms with Gasteiger partial charge in [0.1, 0.15) is 0 Å². The number of H-pyrrole nitrogens is 1. The van der Waals surface area contributed by atoms with Crippen LogP contribution in [0, 0.1) is 0 Å². The number of hydrogen-bond acceptors (Lipinski definition) is 4. The molecular formula is C25H31ClN4O. The van der Waals surface area contributed by atoms with Gasteiger partial charge in [0, 0.05) is 17.5 Å². The fourth-order valence-electron chi connectivity index (χ4n) is 4.36. The van der Waals surface area contributed by atoms with Gasteiger partial charge in [-0.1, -0.05) is 55.1 Å². The van der Waals surface area contributed by atoms with Crippen molar-refractivity contribution in [2.45, 2.75) is 44.9 Å². The lowest BCUT2D eigenvalue weighted by Gasteiger charge is -2.19. The molecule has 0 saturated carbocycles. The molecule has 1 aliphatic rings. The molecule has 31 heavy (non-hydrogen) atoms. The largest absolute Gasteiger partial charge is 0.384 e. The van der Waals surface area contributed by atoms with E-state index in [1.54, 1.807) is 0 Å². The average molecular weight is 439 g/mol. The smallest absolute Gasteiger partial charge is 0.272 e. The molecule has 0 amide bonds. The van der Waals surface area contributed by atoms with Crippen molar-refractivity contribution in [3.05, 3.63) is 57.8 Å². The molecule has 1 aromatic heterocycles. The predicted octanol–water partition coefficient (Wildman–Crippen LogP) is 5.70. The minimum atomic E-state index is -0.174. The fourth-order valence-corrected chi connectivity index (χ4v) is 4.55. The van der Waals surface area contributed by atoms with Crippen molar-refractivity contribution in [1.82, 2.24) is 15.1 Å². The van der Waals surface area contributed by atoms with Gasteiger partial charge in [-0.05, 0) is 63.5 Å². The second kappa shape index (κ2) is 10.8. The number of hydrogen-bond donors (Lipinski definition) is 2. The summed E-state index contributed by atoms with van der Waals surface area (Å²) in [4.78, 5) is 14.7. The van der Waals surface area contributed by atoms with Crippen LogP contribution < -0.4 is 10.9 Å². The van der Waals surface area contributed by atoms with Crippen LogP contribution in [0.15, 0.2) is 47.3 Å². The van der Waals surface area contributed by atoms with Crippen LogP contribution in [0.1, 0.15) is 44.9 Å². The highest BCUT2D eigenvalue weighted by Crippen LogP contribution is 2.30. The summed E-state index contributed by atoms with van der Waals surface area (Å²) >= 11 is 6.44. The van der Waals surface area contributed by atoms with Crippen molar-refractivity contribution < 1.29 is 0 Å². The molecule has 5 nitrogen and oxygen atoms in total. The molecule has 6 heteroatoms. The molecular weight excluding hydrogens is 408 g/mol. The Balaban J connectivity index is 1.35. The molecule has 1 saturated heterocycles. The molecule has 4 rings (SSSR count). The van der Waals surface area contributed by atoms with Gasteiger partial charge in [-0.25, -0.2) is 5.10 Å². The number of fused-ring (bicyclic) bond motifs is 1. The number of benzene rings is 2. The van der Waals surface area contributed by atoms with Crippen LogP contribution in [0.4, 0.5) is 5.69 Å². The van der Waals surface area contributed by atoms with E-state index >= 15 is 0 Å². The predicted molar refractivity (Wildman–Crippen MR) is 130 cm³/mol. The Morgan fingerprint density at radius 3 is 2.55 bits per heavy atom. The van der Waals surface area contributed by atoms with Gasteiger partial charge in [-0.3, -0.25) is 4.79 Å². The first-order chi connectivity index (χ1) is 15.2. The molecule has 0 unspecified atom stereocenters. The Kier molecular flexibility index (Phi) is 7.60. The summed E-state index contributed by atoms with van der Waals surface area (Å²) in [6.07, 6.45) is 9.09. The molecule has 164 valence electrons. The minimum absolute atomic E-state index is 0.174. The maximum Gasteiger partial charge on any atom is 0.272 e. The number of nitrogens with one attached hydrogen (secondary N) is 2. The van der Waals surface area contributed by atoms with Gasteiger partial charge in [0.05, 0.1) is 21.8 Å². The van der Waals surface area contributed by atoms with Crippen molar-refractivity contribution in [3.8, 4) is 11.3 Å². The first kappa shape index (κ1) is 21.8. The van der Waals surface area contributed by atoms with E-state index < -0.39 is 0 Å². The average Bonchev–Trinajstić information content (AvgIpc) is 3.07. The molecule has 2 heterocycles. The van der Waals surface area contributed by atoms with Gasteiger partial charge in [-0.15, -0.1) is 0 Å². The van der Waals surface area contributed by atoms with Gasteiger partial charge in [0.25, 0.3) is 5.56 Å². The number of unbranched alkanes of at least 4 members (excludes halogenated alkanes) is 2. The zero-order valence-corrected chi connectivity index (χ0v) is 18.8. The third-order valence-corrected chi connectivity index (χ3v) is 6.43. The van der Waals surface area contributed by atoms with Crippen LogP contribution >= 0.6 is 11.6 Å². The molecule has 0 atom stereocenters. The SMILES string of the molecule is O=c1[nH]nc(-c2ccc(Cl)c(NCCCCCN3CCCCCC3)c2)c2ccccc12. The topological polar surface area (TPSA) is 61.0 Å². The van der Waals surface area contributed by atoms with Crippen molar-refractivity contribution in [2.75, 3.05) is 31.5 Å². The van der Waals surface area contributed by atoms with E-state index in [1.807, 2.05) is 42.5 Å². The molecule has 1 aliphatic heterocycles. The van der Waals surface area contributed by atoms with E-state index in [-0.39, 0.29) is 5.56 Å². The van der Waals surface area contributed by atoms with Crippen molar-refractivity contribution in [2.24, 2.45) is 0 Å². The second-order valence-electron chi connectivity index (χ2n) is 8.38. The zero-order chi connectivity index (χ0) is 21.5. The van der Waals surface area contributed by atoms with Crippen LogP contribution in [0.25, 0.3) is 22.0 Å². The van der Waals surface area contributed by atoms with Crippen LogP contribution in [0.3, 0.4) is 0 Å². The highest BCUT2D eigenvalue weighted by Gasteiger charge is 2.11. The van der Waals surface area contributed by atoms with Crippen LogP contribution in [0.5, 0.6) is 0 Å². The molecule has 0 spiro atoms. The number of halogens is 1. The van der Waals surface area contributed by atoms with Gasteiger partial charge in [0.2, 0.25) is 0 Å². The Morgan fingerprint density at radius 2 is 1.74 bits per heavy atom. The summed E-state index contributed by atoms with van der Waals surface area (Å²) in [6, 6.07) is 13.4. The van der Waals surface area contributed by atoms with Crippen LogP contribution in [0.2, 0.25) is 5.02 Å². The third kappa shape index (κ3) is 5.66. The van der Waals surface area contributed by atoms with E-state index in [1.165, 1.54) is 58.2 Å². The van der Waals surface area contributed by atoms with Gasteiger partial charge in [0.15, 0.2) is 0 Å². The Labute approximate surface area is 188 Å². The van der Waals surface area contributed by atoms with Crippen molar-refractivity contribution in [3.63, 3.8) is 0 Å². The first-order valence-electron chi connectivity index (χ1n) is 11.5. The molecule has 1 fully saturated rings. The lowest BCUT2D eigenvalue weighted by molar-refractivity contribution is 0.278. The Hall–Kier alpha value is -2.37. The number of likely N-dealkylation sites (tertiary alicyclic amines) is 1. The molecule has 2 aromatic carbocycles. The van der Waals surface area contributed by atoms with Gasteiger partial charge < -0.3 is 10.2 Å². The van der Waals surface area contributed by atoms with E-state index in [0.717, 1.165) is 35.3 Å². The number of anilines is 1. The van der Waals surface area contributed by atoms with E-state index in [2.05, 4.69) is 20.4 Å². The maximum absolute atomic E-state index is 12.1. The van der Waals surface area contributed by atoms with E-state index in [9.17, 15) is 4.79 Å². The minimum Gasteiger partial charge on any atom is -0.384 e. The Morgan fingerprint density at radius 1 is 0.968 bits per heavy atom. The molecule has 0 aliphatic carbocycles. The summed E-state index contributed by atoms with van der Waals surface area (Å²) in [5, 5.41) is 12.6.